The normalized spacial score (nSPS) is 11.9. The Morgan fingerprint density at radius 1 is 1.64 bits per heavy atom. The van der Waals surface area contributed by atoms with E-state index in [2.05, 4.69) is 17.7 Å². The first-order valence-electron chi connectivity index (χ1n) is 3.38. The SMILES string of the molecule is C#CCN(C)CC(C)CCl.Cl. The highest BCUT2D eigenvalue weighted by Crippen LogP contribution is 1.99. The molecule has 1 nitrogen and oxygen atoms in total. The van der Waals surface area contributed by atoms with Crippen molar-refractivity contribution in [2.75, 3.05) is 26.0 Å². The molecule has 0 radical (unpaired) electrons. The molecule has 0 heterocycles. The summed E-state index contributed by atoms with van der Waals surface area (Å²) in [5, 5.41) is 0. The van der Waals surface area contributed by atoms with E-state index in [0.29, 0.717) is 18.3 Å². The summed E-state index contributed by atoms with van der Waals surface area (Å²) in [6, 6.07) is 0. The Hall–Kier alpha value is 0.100. The lowest BCUT2D eigenvalue weighted by atomic mass is 10.2. The van der Waals surface area contributed by atoms with Crippen molar-refractivity contribution >= 4 is 24.0 Å². The molecule has 66 valence electrons. The van der Waals surface area contributed by atoms with Gasteiger partial charge in [-0.3, -0.25) is 4.90 Å². The van der Waals surface area contributed by atoms with Crippen molar-refractivity contribution in [2.45, 2.75) is 6.92 Å². The third kappa shape index (κ3) is 8.00. The largest absolute Gasteiger partial charge is 0.295 e. The van der Waals surface area contributed by atoms with E-state index in [9.17, 15) is 0 Å². The van der Waals surface area contributed by atoms with Gasteiger partial charge in [0.05, 0.1) is 6.54 Å². The fraction of sp³-hybridized carbons (Fsp3) is 0.750. The molecule has 0 saturated carbocycles. The van der Waals surface area contributed by atoms with Crippen LogP contribution in [0, 0.1) is 18.3 Å². The van der Waals surface area contributed by atoms with Gasteiger partial charge in [0.15, 0.2) is 0 Å². The van der Waals surface area contributed by atoms with Crippen molar-refractivity contribution < 1.29 is 0 Å². The molecule has 0 spiro atoms. The summed E-state index contributed by atoms with van der Waals surface area (Å²) in [6.45, 7) is 3.80. The minimum Gasteiger partial charge on any atom is -0.295 e. The molecule has 1 atom stereocenters. The zero-order chi connectivity index (χ0) is 7.98. The number of nitrogens with zero attached hydrogens (tertiary/aromatic N) is 1. The fourth-order valence-corrected chi connectivity index (χ4v) is 0.899. The van der Waals surface area contributed by atoms with E-state index in [1.807, 2.05) is 7.05 Å². The van der Waals surface area contributed by atoms with Crippen LogP contribution in [0.2, 0.25) is 0 Å². The Labute approximate surface area is 80.5 Å². The maximum atomic E-state index is 5.62. The van der Waals surface area contributed by atoms with Crippen LogP contribution < -0.4 is 0 Å². The molecule has 1 unspecified atom stereocenters. The zero-order valence-corrected chi connectivity index (χ0v) is 8.58. The van der Waals surface area contributed by atoms with Crippen molar-refractivity contribution in [3.63, 3.8) is 0 Å². The van der Waals surface area contributed by atoms with Crippen LogP contribution in [0.25, 0.3) is 0 Å². The van der Waals surface area contributed by atoms with Crippen molar-refractivity contribution in [1.82, 2.24) is 4.90 Å². The van der Waals surface area contributed by atoms with Gasteiger partial charge in [-0.05, 0) is 13.0 Å². The van der Waals surface area contributed by atoms with E-state index >= 15 is 0 Å². The van der Waals surface area contributed by atoms with Gasteiger partial charge in [-0.25, -0.2) is 0 Å². The highest BCUT2D eigenvalue weighted by atomic mass is 35.5. The van der Waals surface area contributed by atoms with Gasteiger partial charge < -0.3 is 0 Å². The van der Waals surface area contributed by atoms with Gasteiger partial charge in [0.25, 0.3) is 0 Å². The first-order chi connectivity index (χ1) is 4.70. The molecule has 0 rings (SSSR count). The molecule has 0 aromatic heterocycles. The molecule has 0 aliphatic carbocycles. The summed E-state index contributed by atoms with van der Waals surface area (Å²) in [4.78, 5) is 2.09. The van der Waals surface area contributed by atoms with Crippen LogP contribution in [0.4, 0.5) is 0 Å². The number of halogens is 2. The van der Waals surface area contributed by atoms with Crippen LogP contribution in [0.5, 0.6) is 0 Å². The van der Waals surface area contributed by atoms with Crippen molar-refractivity contribution in [3.8, 4) is 12.3 Å². The minimum atomic E-state index is 0. The third-order valence-corrected chi connectivity index (χ3v) is 1.77. The summed E-state index contributed by atoms with van der Waals surface area (Å²) >= 11 is 5.62. The summed E-state index contributed by atoms with van der Waals surface area (Å²) in [5.41, 5.74) is 0. The molecule has 11 heavy (non-hydrogen) atoms. The molecule has 0 saturated heterocycles. The molecule has 0 aliphatic heterocycles. The summed E-state index contributed by atoms with van der Waals surface area (Å²) in [5.74, 6) is 3.81. The molecule has 3 heteroatoms. The second-order valence-electron chi connectivity index (χ2n) is 2.66. The van der Waals surface area contributed by atoms with Gasteiger partial charge in [0, 0.05) is 12.4 Å². The fourth-order valence-electron chi connectivity index (χ4n) is 0.801. The molecule has 0 aromatic rings. The summed E-state index contributed by atoms with van der Waals surface area (Å²) in [6.07, 6.45) is 5.12. The predicted molar refractivity (Wildman–Crippen MR) is 53.5 cm³/mol. The van der Waals surface area contributed by atoms with Crippen LogP contribution in [0.15, 0.2) is 0 Å². The van der Waals surface area contributed by atoms with E-state index in [0.717, 1.165) is 6.54 Å². The molecule has 0 aromatic carbocycles. The van der Waals surface area contributed by atoms with Crippen LogP contribution >= 0.6 is 24.0 Å². The molecular formula is C8H15Cl2N. The third-order valence-electron chi connectivity index (χ3n) is 1.25. The Balaban J connectivity index is 0. The van der Waals surface area contributed by atoms with Crippen LogP contribution in [-0.2, 0) is 0 Å². The van der Waals surface area contributed by atoms with Gasteiger partial charge in [0.1, 0.15) is 0 Å². The van der Waals surface area contributed by atoms with Crippen LogP contribution in [-0.4, -0.2) is 30.9 Å². The number of alkyl halides is 1. The average molecular weight is 196 g/mol. The standard InChI is InChI=1S/C8H14ClN.ClH/c1-4-5-10(3)7-8(2)6-9;/h1,8H,5-7H2,2-3H3;1H. The van der Waals surface area contributed by atoms with Crippen molar-refractivity contribution in [1.29, 1.82) is 0 Å². The lowest BCUT2D eigenvalue weighted by Gasteiger charge is -2.16. The number of rotatable bonds is 4. The van der Waals surface area contributed by atoms with E-state index in [-0.39, 0.29) is 12.4 Å². The first-order valence-corrected chi connectivity index (χ1v) is 3.92. The maximum Gasteiger partial charge on any atom is 0.0596 e. The van der Waals surface area contributed by atoms with E-state index < -0.39 is 0 Å². The van der Waals surface area contributed by atoms with E-state index in [1.165, 1.54) is 0 Å². The monoisotopic (exact) mass is 195 g/mol. The van der Waals surface area contributed by atoms with Crippen molar-refractivity contribution in [3.05, 3.63) is 0 Å². The van der Waals surface area contributed by atoms with Gasteiger partial charge in [-0.2, -0.15) is 0 Å². The molecule has 0 N–H and O–H groups in total. The zero-order valence-electron chi connectivity index (χ0n) is 7.01. The van der Waals surface area contributed by atoms with E-state index in [4.69, 9.17) is 18.0 Å². The molecule has 0 aliphatic rings. The second kappa shape index (κ2) is 8.20. The average Bonchev–Trinajstić information content (AvgIpc) is 1.88. The predicted octanol–water partition coefficient (Wildman–Crippen LogP) is 1.85. The smallest absolute Gasteiger partial charge is 0.0596 e. The van der Waals surface area contributed by atoms with Gasteiger partial charge in [-0.1, -0.05) is 12.8 Å². The molecule has 0 bridgehead atoms. The molecule has 0 amide bonds. The highest BCUT2D eigenvalue weighted by Gasteiger charge is 2.02. The van der Waals surface area contributed by atoms with Crippen LogP contribution in [0.3, 0.4) is 0 Å². The number of hydrogen-bond donors (Lipinski definition) is 0. The molecule has 0 fully saturated rings. The quantitative estimate of drug-likeness (QED) is 0.490. The molecular weight excluding hydrogens is 181 g/mol. The second-order valence-corrected chi connectivity index (χ2v) is 2.97. The van der Waals surface area contributed by atoms with Crippen LogP contribution in [0.1, 0.15) is 6.92 Å². The van der Waals surface area contributed by atoms with Gasteiger partial charge >= 0.3 is 0 Å². The van der Waals surface area contributed by atoms with E-state index in [1.54, 1.807) is 0 Å². The Kier molecular flexibility index (Phi) is 10.2. The minimum absolute atomic E-state index is 0. The van der Waals surface area contributed by atoms with Gasteiger partial charge in [0.2, 0.25) is 0 Å². The first kappa shape index (κ1) is 13.7. The summed E-state index contributed by atoms with van der Waals surface area (Å²) in [7, 11) is 2.00. The van der Waals surface area contributed by atoms with Crippen molar-refractivity contribution in [2.24, 2.45) is 5.92 Å². The van der Waals surface area contributed by atoms with Gasteiger partial charge in [-0.15, -0.1) is 30.4 Å². The summed E-state index contributed by atoms with van der Waals surface area (Å²) < 4.78 is 0. The lowest BCUT2D eigenvalue weighted by Crippen LogP contribution is -2.25. The Morgan fingerprint density at radius 3 is 2.55 bits per heavy atom. The number of hydrogen-bond acceptors (Lipinski definition) is 1. The Bertz CT molecular complexity index is 120. The number of terminal acetylenes is 1. The lowest BCUT2D eigenvalue weighted by molar-refractivity contribution is 0.330. The Morgan fingerprint density at radius 2 is 2.18 bits per heavy atom. The highest BCUT2D eigenvalue weighted by molar-refractivity contribution is 6.18. The topological polar surface area (TPSA) is 3.24 Å². The maximum absolute atomic E-state index is 5.62.